The minimum atomic E-state index is 0. The van der Waals surface area contributed by atoms with Crippen LogP contribution in [0.5, 0.6) is 0 Å². The van der Waals surface area contributed by atoms with Crippen molar-refractivity contribution in [1.29, 1.82) is 0 Å². The Bertz CT molecular complexity index is 606. The Balaban J connectivity index is 0.00000133. The molecule has 102 valence electrons. The highest BCUT2D eigenvalue weighted by Crippen LogP contribution is 2.24. The van der Waals surface area contributed by atoms with Crippen molar-refractivity contribution < 1.29 is 4.42 Å². The van der Waals surface area contributed by atoms with E-state index < -0.39 is 0 Å². The SMILES string of the molecule is Cc1oc2ccccc2c1CNC1=NCCN1C.I. The second kappa shape index (κ2) is 5.81. The first-order chi connectivity index (χ1) is 8.75. The van der Waals surface area contributed by atoms with E-state index in [9.17, 15) is 0 Å². The minimum absolute atomic E-state index is 0. The molecule has 0 aliphatic carbocycles. The molecule has 0 amide bonds. The van der Waals surface area contributed by atoms with Gasteiger partial charge in [-0.3, -0.25) is 4.99 Å². The summed E-state index contributed by atoms with van der Waals surface area (Å²) in [6.45, 7) is 4.64. The third kappa shape index (κ3) is 2.70. The third-order valence-electron chi connectivity index (χ3n) is 3.38. The summed E-state index contributed by atoms with van der Waals surface area (Å²) in [4.78, 5) is 6.56. The van der Waals surface area contributed by atoms with Crippen LogP contribution in [0.3, 0.4) is 0 Å². The molecule has 0 saturated heterocycles. The number of para-hydroxylation sites is 1. The van der Waals surface area contributed by atoms with Crippen LogP contribution in [0.1, 0.15) is 11.3 Å². The highest BCUT2D eigenvalue weighted by Gasteiger charge is 2.14. The Morgan fingerprint density at radius 2 is 2.16 bits per heavy atom. The number of hydrogen-bond donors (Lipinski definition) is 1. The fourth-order valence-electron chi connectivity index (χ4n) is 2.33. The van der Waals surface area contributed by atoms with Crippen molar-refractivity contribution in [3.05, 3.63) is 35.6 Å². The van der Waals surface area contributed by atoms with Gasteiger partial charge in [-0.1, -0.05) is 18.2 Å². The molecule has 1 aromatic heterocycles. The average molecular weight is 371 g/mol. The van der Waals surface area contributed by atoms with E-state index in [1.807, 2.05) is 25.1 Å². The molecule has 1 N–H and O–H groups in total. The van der Waals surface area contributed by atoms with Crippen molar-refractivity contribution in [3.63, 3.8) is 0 Å². The lowest BCUT2D eigenvalue weighted by Crippen LogP contribution is -2.35. The van der Waals surface area contributed by atoms with Gasteiger partial charge in [-0.15, -0.1) is 24.0 Å². The number of benzene rings is 1. The lowest BCUT2D eigenvalue weighted by atomic mass is 10.1. The van der Waals surface area contributed by atoms with Gasteiger partial charge in [-0.2, -0.15) is 0 Å². The van der Waals surface area contributed by atoms with Crippen molar-refractivity contribution in [2.75, 3.05) is 20.1 Å². The van der Waals surface area contributed by atoms with E-state index in [1.54, 1.807) is 0 Å². The molecule has 4 nitrogen and oxygen atoms in total. The number of nitrogens with zero attached hydrogens (tertiary/aromatic N) is 2. The minimum Gasteiger partial charge on any atom is -0.461 e. The molecule has 2 aromatic rings. The predicted molar refractivity (Wildman–Crippen MR) is 88.1 cm³/mol. The second-order valence-electron chi connectivity index (χ2n) is 4.61. The molecular weight excluding hydrogens is 353 g/mol. The van der Waals surface area contributed by atoms with Crippen LogP contribution in [0.4, 0.5) is 0 Å². The average Bonchev–Trinajstić information content (AvgIpc) is 2.90. The number of guanidine groups is 1. The first-order valence-corrected chi connectivity index (χ1v) is 6.22. The lowest BCUT2D eigenvalue weighted by Gasteiger charge is -2.15. The summed E-state index contributed by atoms with van der Waals surface area (Å²) in [5, 5.41) is 4.57. The van der Waals surface area contributed by atoms with Crippen LogP contribution in [-0.4, -0.2) is 31.0 Å². The molecule has 0 saturated carbocycles. The fraction of sp³-hybridized carbons (Fsp3) is 0.357. The number of rotatable bonds is 2. The molecule has 0 bridgehead atoms. The number of nitrogens with one attached hydrogen (secondary N) is 1. The molecule has 0 atom stereocenters. The maximum atomic E-state index is 5.75. The quantitative estimate of drug-likeness (QED) is 0.826. The maximum absolute atomic E-state index is 5.75. The molecule has 19 heavy (non-hydrogen) atoms. The molecule has 0 radical (unpaired) electrons. The lowest BCUT2D eigenvalue weighted by molar-refractivity contribution is 0.531. The second-order valence-corrected chi connectivity index (χ2v) is 4.61. The van der Waals surface area contributed by atoms with Gasteiger partial charge >= 0.3 is 0 Å². The summed E-state index contributed by atoms with van der Waals surface area (Å²) in [6, 6.07) is 8.14. The molecule has 1 aromatic carbocycles. The summed E-state index contributed by atoms with van der Waals surface area (Å²) < 4.78 is 5.75. The molecule has 0 unspecified atom stereocenters. The third-order valence-corrected chi connectivity index (χ3v) is 3.38. The molecule has 3 rings (SSSR count). The van der Waals surface area contributed by atoms with Gasteiger partial charge in [0.05, 0.1) is 6.54 Å². The van der Waals surface area contributed by atoms with Gasteiger partial charge in [0.2, 0.25) is 0 Å². The van der Waals surface area contributed by atoms with E-state index in [0.29, 0.717) is 0 Å². The van der Waals surface area contributed by atoms with E-state index in [1.165, 1.54) is 10.9 Å². The van der Waals surface area contributed by atoms with Crippen molar-refractivity contribution in [3.8, 4) is 0 Å². The Morgan fingerprint density at radius 3 is 2.89 bits per heavy atom. The van der Waals surface area contributed by atoms with Gasteiger partial charge in [-0.25, -0.2) is 0 Å². The smallest absolute Gasteiger partial charge is 0.194 e. The van der Waals surface area contributed by atoms with E-state index in [0.717, 1.165) is 36.9 Å². The van der Waals surface area contributed by atoms with Crippen LogP contribution in [0.15, 0.2) is 33.7 Å². The van der Waals surface area contributed by atoms with E-state index >= 15 is 0 Å². The van der Waals surface area contributed by atoms with Crippen LogP contribution in [-0.2, 0) is 6.54 Å². The van der Waals surface area contributed by atoms with Gasteiger partial charge < -0.3 is 14.6 Å². The molecule has 1 aliphatic heterocycles. The van der Waals surface area contributed by atoms with Crippen LogP contribution in [0, 0.1) is 6.92 Å². The summed E-state index contributed by atoms with van der Waals surface area (Å²) in [5.41, 5.74) is 2.17. The van der Waals surface area contributed by atoms with Gasteiger partial charge in [0.1, 0.15) is 11.3 Å². The molecule has 0 spiro atoms. The topological polar surface area (TPSA) is 40.8 Å². The standard InChI is InChI=1S/C14H17N3O.HI/c1-10-12(9-16-14-15-7-8-17(14)2)11-5-3-4-6-13(11)18-10;/h3-6H,7-9H2,1-2H3,(H,15,16);1H. The number of aryl methyl sites for hydroxylation is 1. The Kier molecular flexibility index (Phi) is 4.34. The number of aliphatic imine (C=N–C) groups is 1. The number of fused-ring (bicyclic) bond motifs is 1. The van der Waals surface area contributed by atoms with Crippen LogP contribution >= 0.6 is 24.0 Å². The zero-order chi connectivity index (χ0) is 12.5. The summed E-state index contributed by atoms with van der Waals surface area (Å²) in [6.07, 6.45) is 0. The molecule has 2 heterocycles. The Morgan fingerprint density at radius 1 is 1.37 bits per heavy atom. The maximum Gasteiger partial charge on any atom is 0.194 e. The van der Waals surface area contributed by atoms with Crippen molar-refractivity contribution >= 4 is 40.9 Å². The van der Waals surface area contributed by atoms with E-state index in [2.05, 4.69) is 28.3 Å². The van der Waals surface area contributed by atoms with Gasteiger partial charge in [-0.05, 0) is 13.0 Å². The van der Waals surface area contributed by atoms with Crippen molar-refractivity contribution in [2.24, 2.45) is 4.99 Å². The molecule has 5 heteroatoms. The summed E-state index contributed by atoms with van der Waals surface area (Å²) in [7, 11) is 2.05. The molecular formula is C14H18IN3O. The summed E-state index contributed by atoms with van der Waals surface area (Å²) >= 11 is 0. The Labute approximate surface area is 129 Å². The van der Waals surface area contributed by atoms with Crippen LogP contribution in [0.25, 0.3) is 11.0 Å². The first kappa shape index (κ1) is 14.2. The molecule has 1 aliphatic rings. The number of halogens is 1. The highest BCUT2D eigenvalue weighted by atomic mass is 127. The van der Waals surface area contributed by atoms with E-state index in [-0.39, 0.29) is 24.0 Å². The zero-order valence-electron chi connectivity index (χ0n) is 11.1. The van der Waals surface area contributed by atoms with Crippen molar-refractivity contribution in [2.45, 2.75) is 13.5 Å². The number of hydrogen-bond acceptors (Lipinski definition) is 4. The number of furan rings is 1. The van der Waals surface area contributed by atoms with Crippen LogP contribution in [0.2, 0.25) is 0 Å². The first-order valence-electron chi connectivity index (χ1n) is 6.22. The monoisotopic (exact) mass is 371 g/mol. The van der Waals surface area contributed by atoms with Crippen LogP contribution < -0.4 is 5.32 Å². The predicted octanol–water partition coefficient (Wildman–Crippen LogP) is 2.75. The summed E-state index contributed by atoms with van der Waals surface area (Å²) in [5.74, 6) is 1.95. The largest absolute Gasteiger partial charge is 0.461 e. The normalized spacial score (nSPS) is 14.4. The Hall–Kier alpha value is -1.24. The van der Waals surface area contributed by atoms with Crippen molar-refractivity contribution in [1.82, 2.24) is 10.2 Å². The van der Waals surface area contributed by atoms with E-state index in [4.69, 9.17) is 4.42 Å². The van der Waals surface area contributed by atoms with Gasteiger partial charge in [0.25, 0.3) is 0 Å². The van der Waals surface area contributed by atoms with Gasteiger partial charge in [0.15, 0.2) is 5.96 Å². The number of likely N-dealkylation sites (N-methyl/N-ethyl adjacent to an activating group) is 1. The molecule has 0 fully saturated rings. The fourth-order valence-corrected chi connectivity index (χ4v) is 2.33. The highest BCUT2D eigenvalue weighted by molar-refractivity contribution is 14.0. The van der Waals surface area contributed by atoms with Gasteiger partial charge in [0, 0.05) is 31.1 Å². The zero-order valence-corrected chi connectivity index (χ0v) is 13.5.